The van der Waals surface area contributed by atoms with E-state index in [1.54, 1.807) is 13.2 Å². The minimum Gasteiger partial charge on any atom is -0.359 e. The molecule has 1 N–H and O–H groups in total. The fourth-order valence-electron chi connectivity index (χ4n) is 4.75. The van der Waals surface area contributed by atoms with Crippen LogP contribution in [0.1, 0.15) is 37.7 Å². The van der Waals surface area contributed by atoms with E-state index in [-0.39, 0.29) is 17.7 Å². The average molecular weight is 392 g/mol. The molecule has 2 amide bonds. The molecule has 1 saturated heterocycles. The van der Waals surface area contributed by atoms with Gasteiger partial charge in [0, 0.05) is 44.0 Å². The molecule has 5 nitrogen and oxygen atoms in total. The Balaban J connectivity index is 1.65. The lowest BCUT2D eigenvalue weighted by molar-refractivity contribution is -0.146. The highest BCUT2D eigenvalue weighted by atomic mass is 16.2. The van der Waals surface area contributed by atoms with E-state index in [1.807, 2.05) is 35.4 Å². The first-order valence-corrected chi connectivity index (χ1v) is 10.6. The predicted molar refractivity (Wildman–Crippen MR) is 113 cm³/mol. The number of likely N-dealkylation sites (tertiary alicyclic amines) is 1. The molecule has 1 aliphatic heterocycles. The molecule has 2 aliphatic rings. The first-order valence-electron chi connectivity index (χ1n) is 10.6. The van der Waals surface area contributed by atoms with E-state index in [2.05, 4.69) is 22.4 Å². The second kappa shape index (κ2) is 8.36. The molecule has 1 aromatic heterocycles. The van der Waals surface area contributed by atoms with Crippen molar-refractivity contribution in [3.8, 4) is 11.1 Å². The van der Waals surface area contributed by atoms with Gasteiger partial charge in [-0.3, -0.25) is 14.6 Å². The molecule has 1 unspecified atom stereocenters. The second-order valence-corrected chi connectivity index (χ2v) is 8.43. The summed E-state index contributed by atoms with van der Waals surface area (Å²) in [6.07, 6.45) is 9.03. The third-order valence-corrected chi connectivity index (χ3v) is 6.57. The maximum atomic E-state index is 13.1. The lowest BCUT2D eigenvalue weighted by Crippen LogP contribution is -2.55. The number of hydrogen-bond donors (Lipinski definition) is 1. The largest absolute Gasteiger partial charge is 0.359 e. The maximum absolute atomic E-state index is 13.1. The minimum absolute atomic E-state index is 0.0320. The predicted octanol–water partition coefficient (Wildman–Crippen LogP) is 3.45. The SMILES string of the molecule is CNC(=O)C1(Cc2ccccc2-c2cccnc2)CCCN(C(=O)C2CCC2)C1. The molecular formula is C24H29N3O2. The Hall–Kier alpha value is -2.69. The highest BCUT2D eigenvalue weighted by Crippen LogP contribution is 2.38. The number of aromatic nitrogens is 1. The van der Waals surface area contributed by atoms with Gasteiger partial charge >= 0.3 is 0 Å². The van der Waals surface area contributed by atoms with Crippen molar-refractivity contribution in [3.05, 3.63) is 54.4 Å². The normalized spacial score (nSPS) is 22.0. The van der Waals surface area contributed by atoms with Gasteiger partial charge in [0.2, 0.25) is 11.8 Å². The number of nitrogens with one attached hydrogen (secondary N) is 1. The molecule has 1 aromatic carbocycles. The summed E-state index contributed by atoms with van der Waals surface area (Å²) in [7, 11) is 1.70. The minimum atomic E-state index is -0.593. The van der Waals surface area contributed by atoms with Crippen molar-refractivity contribution in [2.45, 2.75) is 38.5 Å². The van der Waals surface area contributed by atoms with E-state index in [9.17, 15) is 9.59 Å². The molecule has 29 heavy (non-hydrogen) atoms. The Bertz CT molecular complexity index is 879. The summed E-state index contributed by atoms with van der Waals surface area (Å²) < 4.78 is 0. The molecule has 4 rings (SSSR count). The molecule has 152 valence electrons. The molecule has 0 bridgehead atoms. The number of rotatable bonds is 5. The summed E-state index contributed by atoms with van der Waals surface area (Å²) in [6.45, 7) is 1.27. The number of carbonyl (C=O) groups excluding carboxylic acids is 2. The zero-order chi connectivity index (χ0) is 20.3. The van der Waals surface area contributed by atoms with Crippen LogP contribution in [0.4, 0.5) is 0 Å². The van der Waals surface area contributed by atoms with Crippen LogP contribution in [0.3, 0.4) is 0 Å². The number of hydrogen-bond acceptors (Lipinski definition) is 3. The smallest absolute Gasteiger partial charge is 0.228 e. The lowest BCUT2D eigenvalue weighted by Gasteiger charge is -2.43. The topological polar surface area (TPSA) is 62.3 Å². The van der Waals surface area contributed by atoms with Crippen LogP contribution in [0.25, 0.3) is 11.1 Å². The molecule has 2 aromatic rings. The highest BCUT2D eigenvalue weighted by molar-refractivity contribution is 5.86. The maximum Gasteiger partial charge on any atom is 0.228 e. The molecule has 1 saturated carbocycles. The van der Waals surface area contributed by atoms with Crippen molar-refractivity contribution in [2.24, 2.45) is 11.3 Å². The molecule has 1 aliphatic carbocycles. The van der Waals surface area contributed by atoms with Gasteiger partial charge in [-0.2, -0.15) is 0 Å². The summed E-state index contributed by atoms with van der Waals surface area (Å²) in [5.74, 6) is 0.438. The second-order valence-electron chi connectivity index (χ2n) is 8.43. The molecule has 2 heterocycles. The van der Waals surface area contributed by atoms with Gasteiger partial charge in [-0.15, -0.1) is 0 Å². The van der Waals surface area contributed by atoms with Crippen LogP contribution in [0.2, 0.25) is 0 Å². The first-order chi connectivity index (χ1) is 14.1. The summed E-state index contributed by atoms with van der Waals surface area (Å²) in [4.78, 5) is 32.2. The van der Waals surface area contributed by atoms with Crippen LogP contribution in [-0.2, 0) is 16.0 Å². The average Bonchev–Trinajstić information content (AvgIpc) is 2.73. The summed E-state index contributed by atoms with van der Waals surface area (Å²) in [5.41, 5.74) is 2.69. The molecule has 0 radical (unpaired) electrons. The van der Waals surface area contributed by atoms with Crippen LogP contribution in [0, 0.1) is 11.3 Å². The monoisotopic (exact) mass is 391 g/mol. The van der Waals surface area contributed by atoms with Gasteiger partial charge in [0.15, 0.2) is 0 Å². The number of nitrogens with zero attached hydrogens (tertiary/aromatic N) is 2. The fraction of sp³-hybridized carbons (Fsp3) is 0.458. The van der Waals surface area contributed by atoms with Gasteiger partial charge in [0.25, 0.3) is 0 Å². The summed E-state index contributed by atoms with van der Waals surface area (Å²) in [5, 5.41) is 2.88. The lowest BCUT2D eigenvalue weighted by atomic mass is 9.72. The van der Waals surface area contributed by atoms with Crippen molar-refractivity contribution in [1.29, 1.82) is 0 Å². The van der Waals surface area contributed by atoms with Crippen molar-refractivity contribution < 1.29 is 9.59 Å². The summed E-state index contributed by atoms with van der Waals surface area (Å²) in [6, 6.07) is 12.2. The third-order valence-electron chi connectivity index (χ3n) is 6.57. The Morgan fingerprint density at radius 2 is 2.00 bits per heavy atom. The quantitative estimate of drug-likeness (QED) is 0.849. The van der Waals surface area contributed by atoms with Crippen LogP contribution >= 0.6 is 0 Å². The summed E-state index contributed by atoms with van der Waals surface area (Å²) >= 11 is 0. The van der Waals surface area contributed by atoms with Crippen LogP contribution in [0.5, 0.6) is 0 Å². The van der Waals surface area contributed by atoms with E-state index in [0.717, 1.165) is 55.3 Å². The standard InChI is InChI=1S/C24H29N3O2/c1-25-23(29)24(12-6-14-27(17-24)22(28)18-8-4-9-18)15-19-7-2-3-11-21(19)20-10-5-13-26-16-20/h2-3,5,7,10-11,13,16,18H,4,6,8-9,12,14-15,17H2,1H3,(H,25,29). The Labute approximate surface area is 172 Å². The molecule has 5 heteroatoms. The zero-order valence-electron chi connectivity index (χ0n) is 17.1. The van der Waals surface area contributed by atoms with Gasteiger partial charge in [0.1, 0.15) is 0 Å². The first kappa shape index (κ1) is 19.6. The van der Waals surface area contributed by atoms with E-state index < -0.39 is 5.41 Å². The van der Waals surface area contributed by atoms with Crippen molar-refractivity contribution in [2.75, 3.05) is 20.1 Å². The van der Waals surface area contributed by atoms with E-state index in [1.165, 1.54) is 0 Å². The van der Waals surface area contributed by atoms with Gasteiger partial charge in [0.05, 0.1) is 5.41 Å². The van der Waals surface area contributed by atoms with E-state index in [4.69, 9.17) is 0 Å². The number of carbonyl (C=O) groups is 2. The Kier molecular flexibility index (Phi) is 5.65. The third kappa shape index (κ3) is 3.91. The molecule has 0 spiro atoms. The Morgan fingerprint density at radius 3 is 2.69 bits per heavy atom. The van der Waals surface area contributed by atoms with Crippen LogP contribution in [-0.4, -0.2) is 41.8 Å². The fourth-order valence-corrected chi connectivity index (χ4v) is 4.75. The van der Waals surface area contributed by atoms with E-state index in [0.29, 0.717) is 13.0 Å². The van der Waals surface area contributed by atoms with Gasteiger partial charge in [-0.05, 0) is 49.3 Å². The molecule has 1 atom stereocenters. The Morgan fingerprint density at radius 1 is 1.17 bits per heavy atom. The van der Waals surface area contributed by atoms with Crippen molar-refractivity contribution >= 4 is 11.8 Å². The van der Waals surface area contributed by atoms with Crippen molar-refractivity contribution in [3.63, 3.8) is 0 Å². The highest BCUT2D eigenvalue weighted by Gasteiger charge is 2.44. The van der Waals surface area contributed by atoms with Gasteiger partial charge in [-0.1, -0.05) is 36.8 Å². The zero-order valence-corrected chi connectivity index (χ0v) is 17.1. The van der Waals surface area contributed by atoms with Gasteiger partial charge < -0.3 is 10.2 Å². The van der Waals surface area contributed by atoms with Crippen LogP contribution < -0.4 is 5.32 Å². The molecular weight excluding hydrogens is 362 g/mol. The van der Waals surface area contributed by atoms with E-state index >= 15 is 0 Å². The van der Waals surface area contributed by atoms with Crippen LogP contribution in [0.15, 0.2) is 48.8 Å². The number of piperidine rings is 1. The number of pyridine rings is 1. The van der Waals surface area contributed by atoms with Gasteiger partial charge in [-0.25, -0.2) is 0 Å². The number of amides is 2. The molecule has 2 fully saturated rings. The number of benzene rings is 1. The van der Waals surface area contributed by atoms with Crippen molar-refractivity contribution in [1.82, 2.24) is 15.2 Å².